The Kier molecular flexibility index (Phi) is 6.57. The third kappa shape index (κ3) is 4.44. The van der Waals surface area contributed by atoms with Crippen LogP contribution in [0.5, 0.6) is 5.75 Å². The lowest BCUT2D eigenvalue weighted by Crippen LogP contribution is -2.22. The standard InChI is InChI=1S/C23H21Cl2N3O/c1-4-14(2)13-19(26-3)28-22(16-8-5-9-18(24)20(16)25)17-11-10-15-7-6-12-27-21(15)23(17)29/h4-13,22,28-29H,3H2,1-2H3/b14-4-,19-13+. The summed E-state index contributed by atoms with van der Waals surface area (Å²) in [5.74, 6) is 0.616. The molecule has 2 aromatic carbocycles. The number of aliphatic imine (C=N–C) groups is 1. The highest BCUT2D eigenvalue weighted by Gasteiger charge is 2.23. The molecular formula is C23H21Cl2N3O. The molecule has 0 fully saturated rings. The zero-order valence-electron chi connectivity index (χ0n) is 16.2. The van der Waals surface area contributed by atoms with Crippen LogP contribution in [0.2, 0.25) is 10.0 Å². The number of phenols is 1. The number of nitrogens with one attached hydrogen (secondary N) is 1. The molecule has 1 heterocycles. The lowest BCUT2D eigenvalue weighted by molar-refractivity contribution is 0.466. The predicted octanol–water partition coefficient (Wildman–Crippen LogP) is 6.43. The van der Waals surface area contributed by atoms with Crippen molar-refractivity contribution in [1.29, 1.82) is 0 Å². The number of fused-ring (bicyclic) bond motifs is 1. The Hall–Kier alpha value is -2.82. The van der Waals surface area contributed by atoms with Gasteiger partial charge in [0.1, 0.15) is 17.1 Å². The van der Waals surface area contributed by atoms with Gasteiger partial charge < -0.3 is 10.4 Å². The fraction of sp³-hybridized carbons (Fsp3) is 0.130. The number of rotatable bonds is 6. The molecule has 0 saturated carbocycles. The fourth-order valence-electron chi connectivity index (χ4n) is 3.02. The monoisotopic (exact) mass is 425 g/mol. The molecule has 0 amide bonds. The quantitative estimate of drug-likeness (QED) is 0.353. The normalized spacial score (nSPS) is 13.4. The number of aromatic nitrogens is 1. The smallest absolute Gasteiger partial charge is 0.147 e. The summed E-state index contributed by atoms with van der Waals surface area (Å²) in [4.78, 5) is 8.42. The molecule has 1 unspecified atom stereocenters. The molecule has 0 aliphatic rings. The van der Waals surface area contributed by atoms with Gasteiger partial charge in [-0.1, -0.05) is 65.2 Å². The highest BCUT2D eigenvalue weighted by molar-refractivity contribution is 6.42. The first-order valence-corrected chi connectivity index (χ1v) is 9.80. The topological polar surface area (TPSA) is 57.5 Å². The van der Waals surface area contributed by atoms with E-state index in [1.807, 2.05) is 62.4 Å². The van der Waals surface area contributed by atoms with Gasteiger partial charge in [0.2, 0.25) is 0 Å². The second-order valence-electron chi connectivity index (χ2n) is 6.52. The van der Waals surface area contributed by atoms with Crippen LogP contribution in [0.1, 0.15) is 31.0 Å². The lowest BCUT2D eigenvalue weighted by Gasteiger charge is -2.24. The number of hydrogen-bond acceptors (Lipinski definition) is 4. The van der Waals surface area contributed by atoms with E-state index in [9.17, 15) is 5.11 Å². The number of phenolic OH excluding ortho intramolecular Hbond substituents is 1. The van der Waals surface area contributed by atoms with E-state index in [-0.39, 0.29) is 5.75 Å². The molecule has 29 heavy (non-hydrogen) atoms. The first-order valence-electron chi connectivity index (χ1n) is 9.04. The summed E-state index contributed by atoms with van der Waals surface area (Å²) in [5.41, 5.74) is 2.84. The van der Waals surface area contributed by atoms with Gasteiger partial charge in [-0.05, 0) is 44.3 Å². The summed E-state index contributed by atoms with van der Waals surface area (Å²) in [6, 6.07) is 12.4. The van der Waals surface area contributed by atoms with E-state index in [0.29, 0.717) is 32.5 Å². The Bertz CT molecular complexity index is 1120. The van der Waals surface area contributed by atoms with Gasteiger partial charge in [-0.3, -0.25) is 4.98 Å². The summed E-state index contributed by atoms with van der Waals surface area (Å²) < 4.78 is 0. The Morgan fingerprint density at radius 1 is 1.17 bits per heavy atom. The van der Waals surface area contributed by atoms with Gasteiger partial charge in [-0.2, -0.15) is 0 Å². The lowest BCUT2D eigenvalue weighted by atomic mass is 9.96. The van der Waals surface area contributed by atoms with E-state index >= 15 is 0 Å². The SMILES string of the molecule is C=N/C(=C\C(C)=C/C)NC(c1cccc(Cl)c1Cl)c1ccc2cccnc2c1O. The molecule has 4 nitrogen and oxygen atoms in total. The minimum absolute atomic E-state index is 0.0720. The molecule has 0 bridgehead atoms. The Morgan fingerprint density at radius 2 is 1.97 bits per heavy atom. The van der Waals surface area contributed by atoms with Crippen molar-refractivity contribution < 1.29 is 5.11 Å². The van der Waals surface area contributed by atoms with Gasteiger partial charge >= 0.3 is 0 Å². The highest BCUT2D eigenvalue weighted by Crippen LogP contribution is 2.39. The van der Waals surface area contributed by atoms with Gasteiger partial charge in [0.05, 0.1) is 16.1 Å². The van der Waals surface area contributed by atoms with E-state index in [2.05, 4.69) is 22.0 Å². The molecule has 6 heteroatoms. The number of halogens is 2. The molecule has 0 radical (unpaired) electrons. The van der Waals surface area contributed by atoms with Gasteiger partial charge in [-0.25, -0.2) is 4.99 Å². The largest absolute Gasteiger partial charge is 0.505 e. The molecule has 1 atom stereocenters. The van der Waals surface area contributed by atoms with Crippen LogP contribution in [0.15, 0.2) is 77.2 Å². The summed E-state index contributed by atoms with van der Waals surface area (Å²) in [6.07, 6.45) is 5.48. The summed E-state index contributed by atoms with van der Waals surface area (Å²) in [7, 11) is 0. The van der Waals surface area contributed by atoms with Crippen molar-refractivity contribution in [1.82, 2.24) is 10.3 Å². The van der Waals surface area contributed by atoms with Crippen molar-refractivity contribution in [3.05, 3.63) is 93.4 Å². The number of pyridine rings is 1. The molecule has 0 aliphatic carbocycles. The van der Waals surface area contributed by atoms with Crippen LogP contribution >= 0.6 is 23.2 Å². The number of nitrogens with zero attached hydrogens (tertiary/aromatic N) is 2. The predicted molar refractivity (Wildman–Crippen MR) is 122 cm³/mol. The maximum atomic E-state index is 11.0. The third-order valence-corrected chi connectivity index (χ3v) is 5.50. The zero-order chi connectivity index (χ0) is 21.0. The molecule has 3 rings (SSSR count). The van der Waals surface area contributed by atoms with Crippen LogP contribution in [-0.2, 0) is 0 Å². The first kappa shape index (κ1) is 20.9. The zero-order valence-corrected chi connectivity index (χ0v) is 17.7. The molecule has 3 aromatic rings. The first-order chi connectivity index (χ1) is 14.0. The minimum Gasteiger partial charge on any atom is -0.505 e. The van der Waals surface area contributed by atoms with Gasteiger partial charge in [0.15, 0.2) is 0 Å². The van der Waals surface area contributed by atoms with Gasteiger partial charge in [-0.15, -0.1) is 0 Å². The molecular weight excluding hydrogens is 405 g/mol. The van der Waals surface area contributed by atoms with Crippen LogP contribution in [0.25, 0.3) is 10.9 Å². The van der Waals surface area contributed by atoms with E-state index in [1.165, 1.54) is 0 Å². The average Bonchev–Trinajstić information content (AvgIpc) is 2.74. The molecule has 2 N–H and O–H groups in total. The van der Waals surface area contributed by atoms with E-state index in [4.69, 9.17) is 23.2 Å². The van der Waals surface area contributed by atoms with Crippen molar-refractivity contribution in [2.45, 2.75) is 19.9 Å². The maximum Gasteiger partial charge on any atom is 0.147 e. The minimum atomic E-state index is -0.519. The second kappa shape index (κ2) is 9.12. The Balaban J connectivity index is 2.21. The summed E-state index contributed by atoms with van der Waals surface area (Å²) >= 11 is 12.8. The second-order valence-corrected chi connectivity index (χ2v) is 7.30. The van der Waals surface area contributed by atoms with Crippen LogP contribution in [0.3, 0.4) is 0 Å². The Labute approximate surface area is 180 Å². The van der Waals surface area contributed by atoms with E-state index < -0.39 is 6.04 Å². The van der Waals surface area contributed by atoms with Crippen molar-refractivity contribution in [3.63, 3.8) is 0 Å². The van der Waals surface area contributed by atoms with Gasteiger partial charge in [0, 0.05) is 17.1 Å². The average molecular weight is 426 g/mol. The number of hydrogen-bond donors (Lipinski definition) is 2. The van der Waals surface area contributed by atoms with E-state index in [0.717, 1.165) is 11.0 Å². The summed E-state index contributed by atoms with van der Waals surface area (Å²) in [5, 5.41) is 16.0. The highest BCUT2D eigenvalue weighted by atomic mass is 35.5. The molecule has 148 valence electrons. The van der Waals surface area contributed by atoms with Crippen molar-refractivity contribution in [2.24, 2.45) is 4.99 Å². The fourth-order valence-corrected chi connectivity index (χ4v) is 3.44. The van der Waals surface area contributed by atoms with Crippen molar-refractivity contribution >= 4 is 40.8 Å². The molecule has 1 aromatic heterocycles. The molecule has 0 aliphatic heterocycles. The van der Waals surface area contributed by atoms with Crippen LogP contribution in [0, 0.1) is 0 Å². The number of aromatic hydroxyl groups is 1. The molecule has 0 saturated heterocycles. The van der Waals surface area contributed by atoms with Crippen molar-refractivity contribution in [2.75, 3.05) is 0 Å². The number of benzene rings is 2. The van der Waals surface area contributed by atoms with Crippen LogP contribution in [0.4, 0.5) is 0 Å². The van der Waals surface area contributed by atoms with Crippen LogP contribution in [-0.4, -0.2) is 16.8 Å². The maximum absolute atomic E-state index is 11.0. The van der Waals surface area contributed by atoms with Crippen LogP contribution < -0.4 is 5.32 Å². The van der Waals surface area contributed by atoms with E-state index in [1.54, 1.807) is 12.3 Å². The van der Waals surface area contributed by atoms with Gasteiger partial charge in [0.25, 0.3) is 0 Å². The van der Waals surface area contributed by atoms with Crippen molar-refractivity contribution in [3.8, 4) is 5.75 Å². The Morgan fingerprint density at radius 3 is 2.69 bits per heavy atom. The summed E-state index contributed by atoms with van der Waals surface area (Å²) in [6.45, 7) is 7.57. The third-order valence-electron chi connectivity index (χ3n) is 4.66. The number of allylic oxidation sites excluding steroid dienone is 3. The molecule has 0 spiro atoms.